The van der Waals surface area contributed by atoms with Crippen LogP contribution in [-0.2, 0) is 6.54 Å². The highest BCUT2D eigenvalue weighted by Crippen LogP contribution is 2.17. The van der Waals surface area contributed by atoms with E-state index in [1.807, 2.05) is 56.0 Å². The summed E-state index contributed by atoms with van der Waals surface area (Å²) >= 11 is 0. The Kier molecular flexibility index (Phi) is 4.58. The summed E-state index contributed by atoms with van der Waals surface area (Å²) in [5.74, 6) is -0.0237. The third-order valence-corrected chi connectivity index (χ3v) is 3.40. The standard InChI is InChI=1S/C17H21N3O/c1-12(2)20(11-14-6-4-5-7-16(14)18)17(21)15-8-13(3)9-19-10-15/h4-10,12H,11,18H2,1-3H3. The number of hydrogen-bond acceptors (Lipinski definition) is 3. The van der Waals surface area contributed by atoms with Crippen LogP contribution < -0.4 is 5.73 Å². The van der Waals surface area contributed by atoms with E-state index in [0.29, 0.717) is 17.8 Å². The molecule has 0 atom stereocenters. The van der Waals surface area contributed by atoms with Gasteiger partial charge in [0.25, 0.3) is 5.91 Å². The Morgan fingerprint density at radius 1 is 1.29 bits per heavy atom. The molecule has 0 aliphatic rings. The van der Waals surface area contributed by atoms with Crippen LogP contribution in [-0.4, -0.2) is 21.8 Å². The fourth-order valence-electron chi connectivity index (χ4n) is 2.19. The van der Waals surface area contributed by atoms with Gasteiger partial charge < -0.3 is 10.6 Å². The van der Waals surface area contributed by atoms with Crippen LogP contribution in [0, 0.1) is 6.92 Å². The molecule has 0 spiro atoms. The van der Waals surface area contributed by atoms with Gasteiger partial charge in [0.05, 0.1) is 5.56 Å². The summed E-state index contributed by atoms with van der Waals surface area (Å²) < 4.78 is 0. The number of hydrogen-bond donors (Lipinski definition) is 1. The highest BCUT2D eigenvalue weighted by Gasteiger charge is 2.20. The van der Waals surface area contributed by atoms with Crippen molar-refractivity contribution in [2.24, 2.45) is 0 Å². The number of benzene rings is 1. The molecule has 2 N–H and O–H groups in total. The van der Waals surface area contributed by atoms with Crippen LogP contribution in [0.1, 0.15) is 35.3 Å². The molecule has 2 aromatic rings. The summed E-state index contributed by atoms with van der Waals surface area (Å²) in [5, 5.41) is 0. The fraction of sp³-hybridized carbons (Fsp3) is 0.294. The van der Waals surface area contributed by atoms with Crippen LogP contribution in [0.3, 0.4) is 0 Å². The van der Waals surface area contributed by atoms with Gasteiger partial charge in [-0.3, -0.25) is 9.78 Å². The van der Waals surface area contributed by atoms with Crippen molar-refractivity contribution in [1.82, 2.24) is 9.88 Å². The minimum atomic E-state index is -0.0237. The molecular formula is C17H21N3O. The Hall–Kier alpha value is -2.36. The first-order valence-corrected chi connectivity index (χ1v) is 7.05. The van der Waals surface area contributed by atoms with Crippen molar-refractivity contribution in [3.05, 3.63) is 59.4 Å². The van der Waals surface area contributed by atoms with Crippen LogP contribution in [0.4, 0.5) is 5.69 Å². The molecule has 0 bridgehead atoms. The number of amides is 1. The molecule has 21 heavy (non-hydrogen) atoms. The van der Waals surface area contributed by atoms with E-state index >= 15 is 0 Å². The monoisotopic (exact) mass is 283 g/mol. The summed E-state index contributed by atoms with van der Waals surface area (Å²) in [5.41, 5.74) is 9.23. The number of nitrogens with two attached hydrogens (primary N) is 1. The van der Waals surface area contributed by atoms with Crippen LogP contribution in [0.2, 0.25) is 0 Å². The number of aryl methyl sites for hydroxylation is 1. The number of aromatic nitrogens is 1. The molecule has 1 aromatic heterocycles. The lowest BCUT2D eigenvalue weighted by Crippen LogP contribution is -2.36. The van der Waals surface area contributed by atoms with Gasteiger partial charge in [-0.15, -0.1) is 0 Å². The zero-order valence-corrected chi connectivity index (χ0v) is 12.7. The predicted molar refractivity (Wildman–Crippen MR) is 84.8 cm³/mol. The molecule has 2 rings (SSSR count). The van der Waals surface area contributed by atoms with Crippen molar-refractivity contribution in [2.75, 3.05) is 5.73 Å². The minimum absolute atomic E-state index is 0.0237. The molecule has 110 valence electrons. The molecule has 0 unspecified atom stereocenters. The molecule has 0 saturated heterocycles. The summed E-state index contributed by atoms with van der Waals surface area (Å²) in [6.45, 7) is 6.43. The third kappa shape index (κ3) is 3.60. The average molecular weight is 283 g/mol. The largest absolute Gasteiger partial charge is 0.398 e. The predicted octanol–water partition coefficient (Wildman–Crippen LogP) is 3.02. The first-order valence-electron chi connectivity index (χ1n) is 7.05. The topological polar surface area (TPSA) is 59.2 Å². The lowest BCUT2D eigenvalue weighted by Gasteiger charge is -2.27. The first-order chi connectivity index (χ1) is 9.99. The Labute approximate surface area is 125 Å². The van der Waals surface area contributed by atoms with E-state index in [0.717, 1.165) is 11.1 Å². The van der Waals surface area contributed by atoms with E-state index in [4.69, 9.17) is 5.73 Å². The van der Waals surface area contributed by atoms with Gasteiger partial charge in [-0.1, -0.05) is 18.2 Å². The smallest absolute Gasteiger partial charge is 0.255 e. The Balaban J connectivity index is 2.27. The third-order valence-electron chi connectivity index (χ3n) is 3.40. The number of carbonyl (C=O) groups is 1. The normalized spacial score (nSPS) is 10.7. The number of pyridine rings is 1. The quantitative estimate of drug-likeness (QED) is 0.877. The van der Waals surface area contributed by atoms with Gasteiger partial charge in [-0.25, -0.2) is 0 Å². The van der Waals surface area contributed by atoms with Crippen molar-refractivity contribution < 1.29 is 4.79 Å². The lowest BCUT2D eigenvalue weighted by molar-refractivity contribution is 0.0690. The molecule has 1 heterocycles. The summed E-state index contributed by atoms with van der Waals surface area (Å²) in [6.07, 6.45) is 3.35. The molecule has 0 radical (unpaired) electrons. The Bertz CT molecular complexity index is 637. The van der Waals surface area contributed by atoms with Gasteiger partial charge in [0.15, 0.2) is 0 Å². The number of rotatable bonds is 4. The number of para-hydroxylation sites is 1. The fourth-order valence-corrected chi connectivity index (χ4v) is 2.19. The van der Waals surface area contributed by atoms with Gasteiger partial charge in [-0.05, 0) is 44.0 Å². The van der Waals surface area contributed by atoms with Crippen LogP contribution in [0.5, 0.6) is 0 Å². The highest BCUT2D eigenvalue weighted by molar-refractivity contribution is 5.94. The molecule has 0 aliphatic heterocycles. The molecule has 0 fully saturated rings. The number of anilines is 1. The van der Waals surface area contributed by atoms with Crippen molar-refractivity contribution in [3.8, 4) is 0 Å². The van der Waals surface area contributed by atoms with Gasteiger partial charge in [-0.2, -0.15) is 0 Å². The Morgan fingerprint density at radius 3 is 2.62 bits per heavy atom. The zero-order chi connectivity index (χ0) is 15.4. The first kappa shape index (κ1) is 15.0. The second-order valence-corrected chi connectivity index (χ2v) is 5.48. The van der Waals surface area contributed by atoms with E-state index < -0.39 is 0 Å². The molecule has 0 aliphatic carbocycles. The van der Waals surface area contributed by atoms with Crippen LogP contribution in [0.25, 0.3) is 0 Å². The van der Waals surface area contributed by atoms with Gasteiger partial charge >= 0.3 is 0 Å². The minimum Gasteiger partial charge on any atom is -0.398 e. The average Bonchev–Trinajstić information content (AvgIpc) is 2.45. The maximum atomic E-state index is 12.7. The van der Waals surface area contributed by atoms with Crippen molar-refractivity contribution in [1.29, 1.82) is 0 Å². The molecular weight excluding hydrogens is 262 g/mol. The van der Waals surface area contributed by atoms with Crippen LogP contribution in [0.15, 0.2) is 42.7 Å². The second-order valence-electron chi connectivity index (χ2n) is 5.48. The van der Waals surface area contributed by atoms with Gasteiger partial charge in [0.1, 0.15) is 0 Å². The van der Waals surface area contributed by atoms with Crippen molar-refractivity contribution >= 4 is 11.6 Å². The number of nitrogen functional groups attached to an aromatic ring is 1. The molecule has 4 nitrogen and oxygen atoms in total. The molecule has 4 heteroatoms. The highest BCUT2D eigenvalue weighted by atomic mass is 16.2. The molecule has 1 aromatic carbocycles. The SMILES string of the molecule is Cc1cncc(C(=O)N(Cc2ccccc2N)C(C)C)c1. The maximum Gasteiger partial charge on any atom is 0.255 e. The van der Waals surface area contributed by atoms with E-state index in [9.17, 15) is 4.79 Å². The second kappa shape index (κ2) is 6.39. The maximum absolute atomic E-state index is 12.7. The van der Waals surface area contributed by atoms with Crippen LogP contribution >= 0.6 is 0 Å². The number of carbonyl (C=O) groups excluding carboxylic acids is 1. The zero-order valence-electron chi connectivity index (χ0n) is 12.7. The van der Waals surface area contributed by atoms with E-state index in [1.54, 1.807) is 12.4 Å². The van der Waals surface area contributed by atoms with E-state index in [2.05, 4.69) is 4.98 Å². The molecule has 0 saturated carbocycles. The Morgan fingerprint density at radius 2 is 2.00 bits per heavy atom. The van der Waals surface area contributed by atoms with Gasteiger partial charge in [0, 0.05) is 30.7 Å². The lowest BCUT2D eigenvalue weighted by atomic mass is 10.1. The summed E-state index contributed by atoms with van der Waals surface area (Å²) in [6, 6.07) is 9.57. The van der Waals surface area contributed by atoms with Crippen molar-refractivity contribution in [3.63, 3.8) is 0 Å². The summed E-state index contributed by atoms with van der Waals surface area (Å²) in [7, 11) is 0. The van der Waals surface area contributed by atoms with E-state index in [-0.39, 0.29) is 11.9 Å². The van der Waals surface area contributed by atoms with Crippen molar-refractivity contribution in [2.45, 2.75) is 33.4 Å². The number of nitrogens with zero attached hydrogens (tertiary/aromatic N) is 2. The molecule has 1 amide bonds. The summed E-state index contributed by atoms with van der Waals surface area (Å²) in [4.78, 5) is 18.6. The van der Waals surface area contributed by atoms with E-state index in [1.165, 1.54) is 0 Å². The van der Waals surface area contributed by atoms with Gasteiger partial charge in [0.2, 0.25) is 0 Å².